The number of rotatable bonds is 7. The normalized spacial score (nSPS) is 11.9. The van der Waals surface area contributed by atoms with Crippen molar-refractivity contribution in [3.63, 3.8) is 0 Å². The molecular weight excluding hydrogens is 644 g/mol. The number of aryl methyl sites for hydroxylation is 1. The third-order valence-corrected chi connectivity index (χ3v) is 6.25. The first-order valence-corrected chi connectivity index (χ1v) is 12.2. The smallest absolute Gasteiger partial charge is 0.253 e. The molecule has 0 saturated carbocycles. The first-order valence-electron chi connectivity index (χ1n) is 9.12. The van der Waals surface area contributed by atoms with Crippen molar-refractivity contribution >= 4 is 95.6 Å². The number of thiocarbonyl (C=S) groups is 1. The summed E-state index contributed by atoms with van der Waals surface area (Å²) in [4.78, 5) is 13.0. The van der Waals surface area contributed by atoms with Crippen LogP contribution < -0.4 is 30.2 Å². The maximum Gasteiger partial charge on any atom is 0.253 e. The largest absolute Gasteiger partial charge is 0.493 e. The zero-order valence-electron chi connectivity index (χ0n) is 17.8. The Hall–Kier alpha value is -1.17. The molecule has 0 radical (unpaired) electrons. The van der Waals surface area contributed by atoms with Crippen LogP contribution in [-0.4, -0.2) is 42.3 Å². The summed E-state index contributed by atoms with van der Waals surface area (Å²) in [5, 5.41) is 8.62. The molecule has 2 rings (SSSR count). The van der Waals surface area contributed by atoms with E-state index in [2.05, 4.69) is 47.8 Å². The summed E-state index contributed by atoms with van der Waals surface area (Å²) in [5.74, 6) is 0.372. The number of hydrogen-bond acceptors (Lipinski definition) is 5. The lowest BCUT2D eigenvalue weighted by Crippen LogP contribution is -2.56. The quantitative estimate of drug-likeness (QED) is 0.192. The molecule has 3 N–H and O–H groups in total. The Morgan fingerprint density at radius 3 is 2.03 bits per heavy atom. The molecule has 13 heteroatoms. The minimum atomic E-state index is -1.94. The van der Waals surface area contributed by atoms with E-state index in [0.717, 1.165) is 20.2 Å². The number of benzene rings is 2. The SMILES string of the molecule is COc1cc(C(=O)N[C@@H](NC(=S)Nc2c(C)cc(Br)cc2Br)C(Cl)(Cl)Cl)cc(OC)c1OC. The number of ether oxygens (including phenoxy) is 3. The number of amides is 1. The molecule has 1 atom stereocenters. The van der Waals surface area contributed by atoms with Crippen molar-refractivity contribution in [2.45, 2.75) is 16.9 Å². The molecule has 0 aliphatic rings. The molecule has 33 heavy (non-hydrogen) atoms. The summed E-state index contributed by atoms with van der Waals surface area (Å²) in [6.45, 7) is 1.90. The van der Waals surface area contributed by atoms with Crippen LogP contribution in [0.5, 0.6) is 17.2 Å². The van der Waals surface area contributed by atoms with Crippen molar-refractivity contribution < 1.29 is 19.0 Å². The van der Waals surface area contributed by atoms with Crippen LogP contribution in [0, 0.1) is 6.92 Å². The number of methoxy groups -OCH3 is 3. The molecule has 0 bridgehead atoms. The molecule has 0 aliphatic carbocycles. The highest BCUT2D eigenvalue weighted by molar-refractivity contribution is 9.11. The van der Waals surface area contributed by atoms with Gasteiger partial charge in [0.2, 0.25) is 9.54 Å². The Balaban J connectivity index is 2.25. The van der Waals surface area contributed by atoms with Gasteiger partial charge in [0.25, 0.3) is 5.91 Å². The lowest BCUT2D eigenvalue weighted by molar-refractivity contribution is 0.0933. The molecule has 0 saturated heterocycles. The minimum absolute atomic E-state index is 0.127. The van der Waals surface area contributed by atoms with Gasteiger partial charge in [-0.25, -0.2) is 0 Å². The fourth-order valence-electron chi connectivity index (χ4n) is 2.77. The van der Waals surface area contributed by atoms with Gasteiger partial charge >= 0.3 is 0 Å². The lowest BCUT2D eigenvalue weighted by Gasteiger charge is -2.28. The molecule has 1 amide bonds. The van der Waals surface area contributed by atoms with Gasteiger partial charge in [-0.15, -0.1) is 0 Å². The predicted molar refractivity (Wildman–Crippen MR) is 144 cm³/mol. The lowest BCUT2D eigenvalue weighted by atomic mass is 10.1. The van der Waals surface area contributed by atoms with E-state index < -0.39 is 15.9 Å². The second-order valence-electron chi connectivity index (χ2n) is 6.54. The first kappa shape index (κ1) is 28.1. The third kappa shape index (κ3) is 7.40. The molecule has 0 fully saturated rings. The number of hydrogen-bond donors (Lipinski definition) is 3. The van der Waals surface area contributed by atoms with Gasteiger partial charge < -0.3 is 30.2 Å². The summed E-state index contributed by atoms with van der Waals surface area (Å²) in [7, 11) is 4.34. The zero-order valence-corrected chi connectivity index (χ0v) is 24.1. The maximum atomic E-state index is 13.0. The topological polar surface area (TPSA) is 80.9 Å². The van der Waals surface area contributed by atoms with Crippen molar-refractivity contribution in [2.75, 3.05) is 26.6 Å². The van der Waals surface area contributed by atoms with Crippen molar-refractivity contribution in [3.8, 4) is 17.2 Å². The molecule has 180 valence electrons. The molecule has 7 nitrogen and oxygen atoms in total. The molecule has 2 aromatic carbocycles. The summed E-state index contributed by atoms with van der Waals surface area (Å²) < 4.78 is 15.6. The van der Waals surface area contributed by atoms with Gasteiger partial charge in [-0.3, -0.25) is 4.79 Å². The highest BCUT2D eigenvalue weighted by Crippen LogP contribution is 2.38. The maximum absolute atomic E-state index is 13.0. The number of nitrogens with one attached hydrogen (secondary N) is 3. The van der Waals surface area contributed by atoms with E-state index in [9.17, 15) is 4.79 Å². The zero-order chi connectivity index (χ0) is 24.9. The van der Waals surface area contributed by atoms with Gasteiger partial charge in [0.15, 0.2) is 16.6 Å². The summed E-state index contributed by atoms with van der Waals surface area (Å²) in [6, 6.07) is 6.72. The van der Waals surface area contributed by atoms with Crippen molar-refractivity contribution in [1.82, 2.24) is 10.6 Å². The van der Waals surface area contributed by atoms with Crippen LogP contribution >= 0.6 is 78.9 Å². The average molecular weight is 665 g/mol. The van der Waals surface area contributed by atoms with Crippen LogP contribution in [0.4, 0.5) is 5.69 Å². The Morgan fingerprint density at radius 2 is 1.58 bits per heavy atom. The summed E-state index contributed by atoms with van der Waals surface area (Å²) >= 11 is 30.6. The fraction of sp³-hybridized carbons (Fsp3) is 0.300. The predicted octanol–water partition coefficient (Wildman–Crippen LogP) is 5.96. The van der Waals surface area contributed by atoms with Gasteiger partial charge in [0.05, 0.1) is 27.0 Å². The Labute approximate surface area is 229 Å². The van der Waals surface area contributed by atoms with Gasteiger partial charge in [0, 0.05) is 14.5 Å². The highest BCUT2D eigenvalue weighted by atomic mass is 79.9. The molecule has 0 aliphatic heterocycles. The fourth-order valence-corrected chi connectivity index (χ4v) is 4.85. The second-order valence-corrected chi connectivity index (χ2v) is 11.1. The molecule has 0 spiro atoms. The number of anilines is 1. The molecule has 0 unspecified atom stereocenters. The van der Waals surface area contributed by atoms with E-state index in [0.29, 0.717) is 17.2 Å². The van der Waals surface area contributed by atoms with E-state index in [1.165, 1.54) is 33.5 Å². The highest BCUT2D eigenvalue weighted by Gasteiger charge is 2.35. The minimum Gasteiger partial charge on any atom is -0.493 e. The Bertz CT molecular complexity index is 1010. The van der Waals surface area contributed by atoms with E-state index in [1.807, 2.05) is 19.1 Å². The third-order valence-electron chi connectivity index (χ3n) is 4.30. The molecule has 0 aromatic heterocycles. The monoisotopic (exact) mass is 661 g/mol. The first-order chi connectivity index (χ1) is 15.4. The van der Waals surface area contributed by atoms with Crippen molar-refractivity contribution in [2.24, 2.45) is 0 Å². The van der Waals surface area contributed by atoms with E-state index in [-0.39, 0.29) is 10.7 Å². The van der Waals surface area contributed by atoms with Gasteiger partial charge in [-0.2, -0.15) is 0 Å². The molecule has 2 aromatic rings. The van der Waals surface area contributed by atoms with Crippen LogP contribution in [0.2, 0.25) is 0 Å². The van der Waals surface area contributed by atoms with Gasteiger partial charge in [0.1, 0.15) is 6.17 Å². The van der Waals surface area contributed by atoms with Gasteiger partial charge in [-0.05, 0) is 64.9 Å². The molecular formula is C20H20Br2Cl3N3O4S. The Morgan fingerprint density at radius 1 is 1.00 bits per heavy atom. The Kier molecular flexibility index (Phi) is 10.2. The standard InChI is InChI=1S/C20H20Br2Cl3N3O4S/c1-9-5-11(21)8-12(22)15(9)26-19(33)28-18(20(23,24)25)27-17(29)10-6-13(30-2)16(32-4)14(7-10)31-3/h5-8,18H,1-4H3,(H,27,29)(H2,26,28,33)/t18-/m0/s1. The van der Waals surface area contributed by atoms with E-state index >= 15 is 0 Å². The van der Waals surface area contributed by atoms with Crippen LogP contribution in [-0.2, 0) is 0 Å². The number of carbonyl (C=O) groups is 1. The summed E-state index contributed by atoms with van der Waals surface area (Å²) in [5.41, 5.74) is 1.82. The van der Waals surface area contributed by atoms with E-state index in [4.69, 9.17) is 61.2 Å². The van der Waals surface area contributed by atoms with Crippen LogP contribution in [0.3, 0.4) is 0 Å². The van der Waals surface area contributed by atoms with Crippen LogP contribution in [0.1, 0.15) is 15.9 Å². The summed E-state index contributed by atoms with van der Waals surface area (Å²) in [6.07, 6.45) is -1.18. The second kappa shape index (κ2) is 12.0. The van der Waals surface area contributed by atoms with Crippen molar-refractivity contribution in [1.29, 1.82) is 0 Å². The average Bonchev–Trinajstić information content (AvgIpc) is 2.73. The number of halogens is 5. The van der Waals surface area contributed by atoms with E-state index in [1.54, 1.807) is 0 Å². The van der Waals surface area contributed by atoms with Crippen molar-refractivity contribution in [3.05, 3.63) is 44.3 Å². The number of alkyl halides is 3. The van der Waals surface area contributed by atoms with Crippen LogP contribution in [0.15, 0.2) is 33.2 Å². The van der Waals surface area contributed by atoms with Gasteiger partial charge in [-0.1, -0.05) is 50.7 Å². The van der Waals surface area contributed by atoms with Crippen LogP contribution in [0.25, 0.3) is 0 Å². The molecule has 0 heterocycles. The number of carbonyl (C=O) groups excluding carboxylic acids is 1.